The molecule has 0 saturated carbocycles. The molecule has 0 radical (unpaired) electrons. The fraction of sp³-hybridized carbons (Fsp3) is 0. The Morgan fingerprint density at radius 2 is 2.08 bits per heavy atom. The molecule has 0 atom stereocenters. The van der Waals surface area contributed by atoms with Crippen LogP contribution in [-0.2, 0) is 10.0 Å². The zero-order valence-corrected chi connectivity index (χ0v) is 9.05. The first kappa shape index (κ1) is 10.4. The first-order valence-electron chi connectivity index (χ1n) is 3.44. The van der Waals surface area contributed by atoms with Crippen LogP contribution in [0.5, 0.6) is 0 Å². The van der Waals surface area contributed by atoms with Gasteiger partial charge in [0.15, 0.2) is 0 Å². The van der Waals surface area contributed by atoms with Crippen molar-refractivity contribution in [2.75, 3.05) is 0 Å². The molecule has 0 aliphatic carbocycles. The van der Waals surface area contributed by atoms with E-state index in [0.29, 0.717) is 0 Å². The van der Waals surface area contributed by atoms with E-state index >= 15 is 0 Å². The smallest absolute Gasteiger partial charge is 0.225 e. The SMILES string of the molecule is NS(=O)(=O)C=Cc1cccc(Br)c1. The van der Waals surface area contributed by atoms with Gasteiger partial charge in [0.2, 0.25) is 10.0 Å². The Morgan fingerprint density at radius 1 is 1.38 bits per heavy atom. The monoisotopic (exact) mass is 261 g/mol. The van der Waals surface area contributed by atoms with Crippen LogP contribution < -0.4 is 5.14 Å². The van der Waals surface area contributed by atoms with Crippen LogP contribution in [0.3, 0.4) is 0 Å². The summed E-state index contributed by atoms with van der Waals surface area (Å²) in [6.07, 6.45) is 1.44. The summed E-state index contributed by atoms with van der Waals surface area (Å²) in [4.78, 5) is 0. The maximum Gasteiger partial charge on any atom is 0.231 e. The minimum atomic E-state index is -3.53. The molecule has 2 N–H and O–H groups in total. The standard InChI is InChI=1S/C8H8BrNO2S/c9-8-3-1-2-7(6-8)4-5-13(10,11)12/h1-6H,(H2,10,11,12). The lowest BCUT2D eigenvalue weighted by atomic mass is 10.2. The second-order valence-electron chi connectivity index (χ2n) is 2.45. The molecule has 0 spiro atoms. The fourth-order valence-electron chi connectivity index (χ4n) is 0.784. The summed E-state index contributed by atoms with van der Waals surface area (Å²) in [5, 5.41) is 5.76. The molecule has 0 bridgehead atoms. The molecule has 0 aliphatic heterocycles. The van der Waals surface area contributed by atoms with E-state index < -0.39 is 10.0 Å². The lowest BCUT2D eigenvalue weighted by Gasteiger charge is -1.93. The van der Waals surface area contributed by atoms with Crippen molar-refractivity contribution in [2.45, 2.75) is 0 Å². The molecular weight excluding hydrogens is 254 g/mol. The maximum atomic E-state index is 10.6. The van der Waals surface area contributed by atoms with E-state index in [4.69, 9.17) is 5.14 Å². The van der Waals surface area contributed by atoms with Crippen molar-refractivity contribution < 1.29 is 8.42 Å². The van der Waals surface area contributed by atoms with E-state index in [9.17, 15) is 8.42 Å². The summed E-state index contributed by atoms with van der Waals surface area (Å²) in [6.45, 7) is 0. The molecule has 70 valence electrons. The van der Waals surface area contributed by atoms with Gasteiger partial charge >= 0.3 is 0 Å². The van der Waals surface area contributed by atoms with Crippen LogP contribution in [0.4, 0.5) is 0 Å². The Morgan fingerprint density at radius 3 is 2.62 bits per heavy atom. The van der Waals surface area contributed by atoms with Crippen molar-refractivity contribution in [1.82, 2.24) is 0 Å². The molecule has 1 aromatic rings. The fourth-order valence-corrected chi connectivity index (χ4v) is 1.55. The molecule has 0 saturated heterocycles. The summed E-state index contributed by atoms with van der Waals surface area (Å²) in [5.74, 6) is 0. The van der Waals surface area contributed by atoms with Crippen LogP contribution in [0.15, 0.2) is 34.1 Å². The zero-order valence-electron chi connectivity index (χ0n) is 6.64. The maximum absolute atomic E-state index is 10.6. The second-order valence-corrected chi connectivity index (χ2v) is 4.81. The Balaban J connectivity index is 2.93. The molecule has 0 aromatic heterocycles. The lowest BCUT2D eigenvalue weighted by molar-refractivity contribution is 0.606. The van der Waals surface area contributed by atoms with Crippen molar-refractivity contribution in [3.63, 3.8) is 0 Å². The van der Waals surface area contributed by atoms with E-state index in [1.807, 2.05) is 12.1 Å². The Labute approximate surface area is 85.4 Å². The molecule has 5 heteroatoms. The third-order valence-corrected chi connectivity index (χ3v) is 2.31. The molecule has 13 heavy (non-hydrogen) atoms. The molecule has 0 fully saturated rings. The van der Waals surface area contributed by atoms with Gasteiger partial charge in [-0.25, -0.2) is 13.6 Å². The zero-order chi connectivity index (χ0) is 9.90. The highest BCUT2D eigenvalue weighted by Gasteiger charge is 1.94. The van der Waals surface area contributed by atoms with Crippen LogP contribution in [-0.4, -0.2) is 8.42 Å². The number of hydrogen-bond donors (Lipinski definition) is 1. The van der Waals surface area contributed by atoms with Gasteiger partial charge in [0.05, 0.1) is 0 Å². The molecule has 0 aliphatic rings. The summed E-state index contributed by atoms with van der Waals surface area (Å²) in [7, 11) is -3.53. The molecule has 1 rings (SSSR count). The van der Waals surface area contributed by atoms with Crippen molar-refractivity contribution in [3.8, 4) is 0 Å². The minimum Gasteiger partial charge on any atom is -0.225 e. The summed E-state index contributed by atoms with van der Waals surface area (Å²) < 4.78 is 22.0. The predicted molar refractivity (Wildman–Crippen MR) is 56.3 cm³/mol. The second kappa shape index (κ2) is 4.04. The Bertz CT molecular complexity index is 426. The number of sulfonamides is 1. The Kier molecular flexibility index (Phi) is 3.24. The normalized spacial score (nSPS) is 12.2. The van der Waals surface area contributed by atoms with Gasteiger partial charge < -0.3 is 0 Å². The molecule has 0 heterocycles. The van der Waals surface area contributed by atoms with Gasteiger partial charge in [0, 0.05) is 9.88 Å². The van der Waals surface area contributed by atoms with Gasteiger partial charge in [-0.15, -0.1) is 0 Å². The number of benzene rings is 1. The van der Waals surface area contributed by atoms with Crippen molar-refractivity contribution >= 4 is 32.0 Å². The highest BCUT2D eigenvalue weighted by molar-refractivity contribution is 9.10. The molecule has 0 amide bonds. The first-order chi connectivity index (χ1) is 5.97. The van der Waals surface area contributed by atoms with Gasteiger partial charge in [0.25, 0.3) is 0 Å². The molecule has 0 unspecified atom stereocenters. The average molecular weight is 262 g/mol. The quantitative estimate of drug-likeness (QED) is 0.881. The third-order valence-electron chi connectivity index (χ3n) is 1.30. The van der Waals surface area contributed by atoms with Gasteiger partial charge in [-0.1, -0.05) is 28.1 Å². The van der Waals surface area contributed by atoms with Crippen molar-refractivity contribution in [2.24, 2.45) is 5.14 Å². The van der Waals surface area contributed by atoms with Crippen LogP contribution >= 0.6 is 15.9 Å². The van der Waals surface area contributed by atoms with E-state index in [0.717, 1.165) is 15.4 Å². The van der Waals surface area contributed by atoms with Gasteiger partial charge in [-0.05, 0) is 23.8 Å². The largest absolute Gasteiger partial charge is 0.231 e. The first-order valence-corrected chi connectivity index (χ1v) is 5.84. The minimum absolute atomic E-state index is 0.781. The van der Waals surface area contributed by atoms with Crippen LogP contribution in [0.25, 0.3) is 6.08 Å². The summed E-state index contributed by atoms with van der Waals surface area (Å²) in [5.41, 5.74) is 0.781. The van der Waals surface area contributed by atoms with E-state index in [2.05, 4.69) is 15.9 Å². The summed E-state index contributed by atoms with van der Waals surface area (Å²) in [6, 6.07) is 7.25. The van der Waals surface area contributed by atoms with E-state index in [1.165, 1.54) is 6.08 Å². The predicted octanol–water partition coefficient (Wildman–Crippen LogP) is 1.71. The number of halogens is 1. The highest BCUT2D eigenvalue weighted by atomic mass is 79.9. The van der Waals surface area contributed by atoms with Crippen LogP contribution in [0.2, 0.25) is 0 Å². The van der Waals surface area contributed by atoms with E-state index in [1.54, 1.807) is 12.1 Å². The number of rotatable bonds is 2. The van der Waals surface area contributed by atoms with E-state index in [-0.39, 0.29) is 0 Å². The van der Waals surface area contributed by atoms with Crippen molar-refractivity contribution in [3.05, 3.63) is 39.7 Å². The molecule has 1 aromatic carbocycles. The number of primary sulfonamides is 1. The summed E-state index contributed by atoms with van der Waals surface area (Å²) >= 11 is 3.27. The third kappa shape index (κ3) is 4.21. The van der Waals surface area contributed by atoms with Gasteiger partial charge in [-0.2, -0.15) is 0 Å². The Hall–Kier alpha value is -0.650. The van der Waals surface area contributed by atoms with Gasteiger partial charge in [0.1, 0.15) is 0 Å². The van der Waals surface area contributed by atoms with Crippen molar-refractivity contribution in [1.29, 1.82) is 0 Å². The molecule has 3 nitrogen and oxygen atoms in total. The molecular formula is C8H8BrNO2S. The lowest BCUT2D eigenvalue weighted by Crippen LogP contribution is -2.06. The number of nitrogens with two attached hydrogens (primary N) is 1. The number of hydrogen-bond acceptors (Lipinski definition) is 2. The average Bonchev–Trinajstić information content (AvgIpc) is 2.00. The van der Waals surface area contributed by atoms with Crippen LogP contribution in [0.1, 0.15) is 5.56 Å². The highest BCUT2D eigenvalue weighted by Crippen LogP contribution is 2.12. The topological polar surface area (TPSA) is 60.2 Å². The van der Waals surface area contributed by atoms with Crippen LogP contribution in [0, 0.1) is 0 Å². The van der Waals surface area contributed by atoms with Gasteiger partial charge in [-0.3, -0.25) is 0 Å².